The van der Waals surface area contributed by atoms with Crippen molar-refractivity contribution in [2.75, 3.05) is 32.4 Å². The number of likely N-dealkylation sites (tertiary alicyclic amines) is 2. The van der Waals surface area contributed by atoms with Gasteiger partial charge in [-0.25, -0.2) is 9.59 Å². The van der Waals surface area contributed by atoms with Gasteiger partial charge in [0.15, 0.2) is 5.12 Å². The van der Waals surface area contributed by atoms with E-state index in [2.05, 4.69) is 0 Å². The molecule has 0 aliphatic carbocycles. The third kappa shape index (κ3) is 14.6. The topological polar surface area (TPSA) is 120 Å². The van der Waals surface area contributed by atoms with Crippen LogP contribution in [0, 0.1) is 0 Å². The minimum atomic E-state index is -3.42. The number of thioether (sulfide) groups is 1. The van der Waals surface area contributed by atoms with E-state index >= 15 is 0 Å². The molecule has 12 heteroatoms. The van der Waals surface area contributed by atoms with Crippen LogP contribution in [0.15, 0.2) is 0 Å². The van der Waals surface area contributed by atoms with E-state index in [1.165, 1.54) is 11.8 Å². The van der Waals surface area contributed by atoms with Gasteiger partial charge in [-0.3, -0.25) is 8.98 Å². The second-order valence-corrected chi connectivity index (χ2v) is 13.8. The molecule has 2 fully saturated rings. The summed E-state index contributed by atoms with van der Waals surface area (Å²) in [5.41, 5.74) is -0.959. The molecule has 2 amide bonds. The summed E-state index contributed by atoms with van der Waals surface area (Å²) in [4.78, 5) is 37.8. The molecule has 0 saturated carbocycles. The first-order chi connectivity index (χ1) is 15.8. The average Bonchev–Trinajstić information content (AvgIpc) is 2.65. The summed E-state index contributed by atoms with van der Waals surface area (Å²) in [6.45, 7) is 14.9. The first kappa shape index (κ1) is 31.5. The largest absolute Gasteiger partial charge is 0.444 e. The number of hydrogen-bond acceptors (Lipinski definition) is 9. The lowest BCUT2D eigenvalue weighted by Gasteiger charge is -2.32. The Kier molecular flexibility index (Phi) is 11.8. The van der Waals surface area contributed by atoms with Gasteiger partial charge in [0.05, 0.1) is 12.4 Å². The lowest BCUT2D eigenvalue weighted by molar-refractivity contribution is -0.109. The SMILES string of the molecule is CC(=O)SC1CCN(C(=O)OC(C)(C)C)CC1.CC(C)(C)OC(=O)N1CCC(OS(C)(=O)=O)CC1. The van der Waals surface area contributed by atoms with Crippen molar-refractivity contribution in [1.82, 2.24) is 9.80 Å². The minimum absolute atomic E-state index is 0.153. The van der Waals surface area contributed by atoms with Gasteiger partial charge in [-0.15, -0.1) is 0 Å². The van der Waals surface area contributed by atoms with Gasteiger partial charge in [-0.05, 0) is 67.2 Å². The predicted molar refractivity (Wildman–Crippen MR) is 136 cm³/mol. The fraction of sp³-hybridized carbons (Fsp3) is 0.870. The summed E-state index contributed by atoms with van der Waals surface area (Å²) in [6, 6.07) is 0. The van der Waals surface area contributed by atoms with Gasteiger partial charge in [-0.2, -0.15) is 8.42 Å². The number of rotatable bonds is 3. The number of amides is 2. The Morgan fingerprint density at radius 3 is 1.46 bits per heavy atom. The first-order valence-corrected chi connectivity index (χ1v) is 14.6. The van der Waals surface area contributed by atoms with Crippen LogP contribution in [0.1, 0.15) is 74.1 Å². The zero-order chi connectivity index (χ0) is 27.0. The highest BCUT2D eigenvalue weighted by atomic mass is 32.2. The van der Waals surface area contributed by atoms with Crippen molar-refractivity contribution in [2.45, 2.75) is 96.7 Å². The molecule has 0 aromatic carbocycles. The van der Waals surface area contributed by atoms with E-state index in [0.29, 0.717) is 44.3 Å². The third-order valence-electron chi connectivity index (χ3n) is 4.83. The van der Waals surface area contributed by atoms with Gasteiger partial charge < -0.3 is 19.3 Å². The Balaban J connectivity index is 0.000000351. The van der Waals surface area contributed by atoms with Crippen molar-refractivity contribution in [3.8, 4) is 0 Å². The summed E-state index contributed by atoms with van der Waals surface area (Å²) >= 11 is 1.38. The summed E-state index contributed by atoms with van der Waals surface area (Å²) in [6.07, 6.45) is 2.83. The Morgan fingerprint density at radius 2 is 1.14 bits per heavy atom. The molecule has 0 unspecified atom stereocenters. The Morgan fingerprint density at radius 1 is 0.771 bits per heavy atom. The maximum absolute atomic E-state index is 11.8. The summed E-state index contributed by atoms with van der Waals surface area (Å²) in [5, 5.41) is 0.506. The van der Waals surface area contributed by atoms with E-state index in [4.69, 9.17) is 13.7 Å². The lowest BCUT2D eigenvalue weighted by atomic mass is 10.1. The Labute approximate surface area is 214 Å². The van der Waals surface area contributed by atoms with Crippen molar-refractivity contribution in [3.05, 3.63) is 0 Å². The maximum Gasteiger partial charge on any atom is 0.410 e. The normalized spacial score (nSPS) is 18.4. The molecular weight excluding hydrogens is 496 g/mol. The number of nitrogens with zero attached hydrogens (tertiary/aromatic N) is 2. The van der Waals surface area contributed by atoms with E-state index in [1.54, 1.807) is 16.7 Å². The van der Waals surface area contributed by atoms with Crippen LogP contribution in [0.2, 0.25) is 0 Å². The van der Waals surface area contributed by atoms with Crippen molar-refractivity contribution in [3.63, 3.8) is 0 Å². The molecule has 0 aromatic heterocycles. The van der Waals surface area contributed by atoms with E-state index in [9.17, 15) is 22.8 Å². The van der Waals surface area contributed by atoms with Crippen LogP contribution in [-0.4, -0.2) is 90.5 Å². The minimum Gasteiger partial charge on any atom is -0.444 e. The summed E-state index contributed by atoms with van der Waals surface area (Å²) in [7, 11) is -3.42. The summed E-state index contributed by atoms with van der Waals surface area (Å²) < 4.78 is 37.4. The van der Waals surface area contributed by atoms with Gasteiger partial charge >= 0.3 is 12.2 Å². The number of ether oxygens (including phenoxy) is 2. The molecule has 0 radical (unpaired) electrons. The van der Waals surface area contributed by atoms with Crippen LogP contribution in [0.4, 0.5) is 9.59 Å². The third-order valence-corrected chi connectivity index (χ3v) is 6.59. The van der Waals surface area contributed by atoms with Gasteiger partial charge in [0, 0.05) is 38.4 Å². The van der Waals surface area contributed by atoms with Gasteiger partial charge in [-0.1, -0.05) is 11.8 Å². The molecule has 2 rings (SSSR count). The van der Waals surface area contributed by atoms with E-state index in [1.807, 2.05) is 41.5 Å². The molecule has 0 spiro atoms. The number of piperidine rings is 2. The standard InChI is InChI=1S/C12H21NO3S.C11H21NO5S/c1-9(14)17-10-5-7-13(8-6-10)11(15)16-12(2,3)4;1-11(2,3)16-10(13)12-7-5-9(6-8-12)17-18(4,14)15/h10H,5-8H2,1-4H3;9H,5-8H2,1-4H3. The molecule has 0 bridgehead atoms. The van der Waals surface area contributed by atoms with E-state index < -0.39 is 21.3 Å². The van der Waals surface area contributed by atoms with Crippen molar-refractivity contribution >= 4 is 39.2 Å². The van der Waals surface area contributed by atoms with Crippen LogP contribution < -0.4 is 0 Å². The quantitative estimate of drug-likeness (QED) is 0.491. The highest BCUT2D eigenvalue weighted by molar-refractivity contribution is 8.14. The molecular formula is C23H42N2O8S2. The fourth-order valence-electron chi connectivity index (χ4n) is 3.43. The van der Waals surface area contributed by atoms with Crippen molar-refractivity contribution < 1.29 is 36.5 Å². The zero-order valence-corrected chi connectivity index (χ0v) is 23.9. The maximum atomic E-state index is 11.8. The lowest BCUT2D eigenvalue weighted by Crippen LogP contribution is -2.43. The molecule has 204 valence electrons. The van der Waals surface area contributed by atoms with E-state index in [-0.39, 0.29) is 23.4 Å². The highest BCUT2D eigenvalue weighted by Crippen LogP contribution is 2.25. The van der Waals surface area contributed by atoms with Crippen LogP contribution in [0.3, 0.4) is 0 Å². The van der Waals surface area contributed by atoms with Crippen LogP contribution in [-0.2, 0) is 28.6 Å². The molecule has 35 heavy (non-hydrogen) atoms. The molecule has 10 nitrogen and oxygen atoms in total. The smallest absolute Gasteiger partial charge is 0.410 e. The molecule has 2 heterocycles. The molecule has 0 atom stereocenters. The van der Waals surface area contributed by atoms with Crippen molar-refractivity contribution in [1.29, 1.82) is 0 Å². The molecule has 0 aromatic rings. The van der Waals surface area contributed by atoms with E-state index in [0.717, 1.165) is 19.1 Å². The average molecular weight is 539 g/mol. The number of hydrogen-bond donors (Lipinski definition) is 0. The zero-order valence-electron chi connectivity index (χ0n) is 22.3. The van der Waals surface area contributed by atoms with Gasteiger partial charge in [0.1, 0.15) is 11.2 Å². The number of carbonyl (C=O) groups excluding carboxylic acids is 3. The highest BCUT2D eigenvalue weighted by Gasteiger charge is 2.29. The van der Waals surface area contributed by atoms with Crippen LogP contribution in [0.25, 0.3) is 0 Å². The van der Waals surface area contributed by atoms with Gasteiger partial charge in [0.2, 0.25) is 0 Å². The molecule has 2 saturated heterocycles. The molecule has 2 aliphatic heterocycles. The van der Waals surface area contributed by atoms with Crippen LogP contribution >= 0.6 is 11.8 Å². The first-order valence-electron chi connectivity index (χ1n) is 11.9. The monoisotopic (exact) mass is 538 g/mol. The second-order valence-electron chi connectivity index (χ2n) is 10.7. The fourth-order valence-corrected chi connectivity index (χ4v) is 5.03. The van der Waals surface area contributed by atoms with Crippen molar-refractivity contribution in [2.24, 2.45) is 0 Å². The van der Waals surface area contributed by atoms with Crippen LogP contribution in [0.5, 0.6) is 0 Å². The number of carbonyl (C=O) groups is 3. The Bertz CT molecular complexity index is 817. The summed E-state index contributed by atoms with van der Waals surface area (Å²) in [5.74, 6) is 0. The molecule has 2 aliphatic rings. The Hall–Kier alpha value is -1.53. The second kappa shape index (κ2) is 13.1. The molecule has 0 N–H and O–H groups in total. The van der Waals surface area contributed by atoms with Gasteiger partial charge in [0.25, 0.3) is 10.1 Å². The predicted octanol–water partition coefficient (Wildman–Crippen LogP) is 4.03.